The van der Waals surface area contributed by atoms with Crippen LogP contribution < -0.4 is 5.32 Å². The molecule has 0 saturated carbocycles. The van der Waals surface area contributed by atoms with Gasteiger partial charge in [0, 0.05) is 30.7 Å². The second-order valence-corrected chi connectivity index (χ2v) is 5.91. The zero-order valence-electron chi connectivity index (χ0n) is 11.9. The van der Waals surface area contributed by atoms with E-state index in [1.54, 1.807) is 11.1 Å². The van der Waals surface area contributed by atoms with Gasteiger partial charge < -0.3 is 15.0 Å². The van der Waals surface area contributed by atoms with Crippen LogP contribution in [-0.4, -0.2) is 40.7 Å². The van der Waals surface area contributed by atoms with E-state index in [1.807, 2.05) is 39.8 Å². The molecule has 19 heavy (non-hydrogen) atoms. The van der Waals surface area contributed by atoms with Crippen molar-refractivity contribution in [2.24, 2.45) is 0 Å². The number of hydrogen-bond acceptors (Lipinski definition) is 4. The number of nitrogens with zero attached hydrogens (tertiary/aromatic N) is 2. The Balaban J connectivity index is 1.79. The highest BCUT2D eigenvalue weighted by molar-refractivity contribution is 5.69. The minimum absolute atomic E-state index is 0.239. The predicted molar refractivity (Wildman–Crippen MR) is 74.2 cm³/mol. The van der Waals surface area contributed by atoms with Crippen molar-refractivity contribution in [3.63, 3.8) is 0 Å². The van der Waals surface area contributed by atoms with Gasteiger partial charge in [-0.15, -0.1) is 0 Å². The third-order valence-corrected chi connectivity index (χ3v) is 2.80. The lowest BCUT2D eigenvalue weighted by molar-refractivity contribution is 0.0105. The van der Waals surface area contributed by atoms with Gasteiger partial charge in [0.2, 0.25) is 0 Å². The molecule has 0 aromatic carbocycles. The highest BCUT2D eigenvalue weighted by Gasteiger charge is 2.33. The fourth-order valence-electron chi connectivity index (χ4n) is 1.92. The summed E-state index contributed by atoms with van der Waals surface area (Å²) in [6, 6.07) is 4.22. The van der Waals surface area contributed by atoms with Crippen molar-refractivity contribution in [3.8, 4) is 0 Å². The number of ether oxygens (including phenoxy) is 1. The molecule has 0 bridgehead atoms. The quantitative estimate of drug-likeness (QED) is 0.890. The van der Waals surface area contributed by atoms with Gasteiger partial charge in [0.1, 0.15) is 5.60 Å². The Labute approximate surface area is 114 Å². The highest BCUT2D eigenvalue weighted by atomic mass is 16.6. The average molecular weight is 263 g/mol. The molecule has 0 spiro atoms. The summed E-state index contributed by atoms with van der Waals surface area (Å²) in [4.78, 5) is 17.6. The van der Waals surface area contributed by atoms with E-state index in [0.717, 1.165) is 11.4 Å². The number of pyridine rings is 1. The summed E-state index contributed by atoms with van der Waals surface area (Å²) >= 11 is 0. The molecule has 1 aromatic heterocycles. The minimum atomic E-state index is -0.433. The maximum Gasteiger partial charge on any atom is 0.410 e. The third kappa shape index (κ3) is 3.84. The van der Waals surface area contributed by atoms with Gasteiger partial charge >= 0.3 is 6.09 Å². The Morgan fingerprint density at radius 2 is 2.16 bits per heavy atom. The van der Waals surface area contributed by atoms with Gasteiger partial charge in [-0.1, -0.05) is 0 Å². The molecular formula is C14H21N3O2. The lowest BCUT2D eigenvalue weighted by Gasteiger charge is -2.40. The van der Waals surface area contributed by atoms with Crippen molar-refractivity contribution in [3.05, 3.63) is 24.0 Å². The standard InChI is InChI=1S/C14H21N3O2/c1-10-7-11(5-6-15-10)16-12-8-17(9-12)13(18)19-14(2,3)4/h5-7,12H,8-9H2,1-4H3,(H,15,16). The average Bonchev–Trinajstić information content (AvgIpc) is 2.20. The minimum Gasteiger partial charge on any atom is -0.444 e. The molecule has 104 valence electrons. The molecule has 1 aliphatic rings. The van der Waals surface area contributed by atoms with Crippen molar-refractivity contribution in [2.45, 2.75) is 39.3 Å². The van der Waals surface area contributed by atoms with Gasteiger partial charge in [0.15, 0.2) is 0 Å². The van der Waals surface area contributed by atoms with Gasteiger partial charge in [0.05, 0.1) is 6.04 Å². The second kappa shape index (κ2) is 5.07. The van der Waals surface area contributed by atoms with E-state index in [1.165, 1.54) is 0 Å². The number of aromatic nitrogens is 1. The van der Waals surface area contributed by atoms with Crippen molar-refractivity contribution < 1.29 is 9.53 Å². The van der Waals surface area contributed by atoms with E-state index in [2.05, 4.69) is 10.3 Å². The molecule has 1 aliphatic heterocycles. The Morgan fingerprint density at radius 3 is 2.74 bits per heavy atom. The Kier molecular flexibility index (Phi) is 3.64. The topological polar surface area (TPSA) is 54.5 Å². The normalized spacial score (nSPS) is 15.9. The number of amides is 1. The molecule has 0 aliphatic carbocycles. The molecule has 1 amide bonds. The van der Waals surface area contributed by atoms with Crippen LogP contribution in [0.15, 0.2) is 18.3 Å². The number of rotatable bonds is 2. The van der Waals surface area contributed by atoms with Gasteiger partial charge in [0.25, 0.3) is 0 Å². The Hall–Kier alpha value is -1.78. The van der Waals surface area contributed by atoms with E-state index in [-0.39, 0.29) is 12.1 Å². The number of carbonyl (C=O) groups excluding carboxylic acids is 1. The molecule has 1 saturated heterocycles. The molecule has 2 heterocycles. The molecule has 2 rings (SSSR count). The second-order valence-electron chi connectivity index (χ2n) is 5.91. The largest absolute Gasteiger partial charge is 0.444 e. The number of carbonyl (C=O) groups is 1. The van der Waals surface area contributed by atoms with E-state index in [0.29, 0.717) is 13.1 Å². The number of nitrogens with one attached hydrogen (secondary N) is 1. The molecule has 1 aromatic rings. The van der Waals surface area contributed by atoms with Gasteiger partial charge in [-0.25, -0.2) is 4.79 Å². The molecule has 1 N–H and O–H groups in total. The number of aryl methyl sites for hydroxylation is 1. The molecule has 5 nitrogen and oxygen atoms in total. The van der Waals surface area contributed by atoms with Crippen LogP contribution in [0, 0.1) is 6.92 Å². The lowest BCUT2D eigenvalue weighted by atomic mass is 10.1. The maximum atomic E-state index is 11.8. The zero-order valence-corrected chi connectivity index (χ0v) is 11.9. The van der Waals surface area contributed by atoms with Crippen molar-refractivity contribution in [1.82, 2.24) is 9.88 Å². The van der Waals surface area contributed by atoms with Crippen LogP contribution in [-0.2, 0) is 4.74 Å². The van der Waals surface area contributed by atoms with Gasteiger partial charge in [-0.2, -0.15) is 0 Å². The van der Waals surface area contributed by atoms with Crippen LogP contribution in [0.3, 0.4) is 0 Å². The first-order chi connectivity index (χ1) is 8.83. The van der Waals surface area contributed by atoms with E-state index >= 15 is 0 Å². The molecule has 5 heteroatoms. The monoisotopic (exact) mass is 263 g/mol. The fraction of sp³-hybridized carbons (Fsp3) is 0.571. The molecule has 1 fully saturated rings. The van der Waals surface area contributed by atoms with E-state index in [9.17, 15) is 4.79 Å². The van der Waals surface area contributed by atoms with Crippen molar-refractivity contribution >= 4 is 11.8 Å². The smallest absolute Gasteiger partial charge is 0.410 e. The van der Waals surface area contributed by atoms with Crippen LogP contribution in [0.25, 0.3) is 0 Å². The van der Waals surface area contributed by atoms with Crippen LogP contribution in [0.5, 0.6) is 0 Å². The molecule has 0 unspecified atom stereocenters. The first kappa shape index (κ1) is 13.6. The summed E-state index contributed by atoms with van der Waals surface area (Å²) in [5, 5.41) is 3.38. The van der Waals surface area contributed by atoms with Gasteiger partial charge in [-0.3, -0.25) is 4.98 Å². The number of hydrogen-bond donors (Lipinski definition) is 1. The predicted octanol–water partition coefficient (Wildman–Crippen LogP) is 2.42. The summed E-state index contributed by atoms with van der Waals surface area (Å²) in [5.41, 5.74) is 1.59. The summed E-state index contributed by atoms with van der Waals surface area (Å²) < 4.78 is 5.31. The molecule has 0 radical (unpaired) electrons. The summed E-state index contributed by atoms with van der Waals surface area (Å²) in [7, 11) is 0. The van der Waals surface area contributed by atoms with Crippen LogP contribution in [0.1, 0.15) is 26.5 Å². The van der Waals surface area contributed by atoms with Crippen molar-refractivity contribution in [1.29, 1.82) is 0 Å². The third-order valence-electron chi connectivity index (χ3n) is 2.80. The first-order valence-corrected chi connectivity index (χ1v) is 6.50. The van der Waals surface area contributed by atoms with E-state index < -0.39 is 5.60 Å². The summed E-state index contributed by atoms with van der Waals surface area (Å²) in [5.74, 6) is 0. The molecule has 0 atom stereocenters. The molecular weight excluding hydrogens is 242 g/mol. The Morgan fingerprint density at radius 1 is 1.47 bits per heavy atom. The van der Waals surface area contributed by atoms with Crippen LogP contribution >= 0.6 is 0 Å². The number of anilines is 1. The van der Waals surface area contributed by atoms with Crippen LogP contribution in [0.4, 0.5) is 10.5 Å². The van der Waals surface area contributed by atoms with Gasteiger partial charge in [-0.05, 0) is 39.8 Å². The number of likely N-dealkylation sites (tertiary alicyclic amines) is 1. The summed E-state index contributed by atoms with van der Waals surface area (Å²) in [6.07, 6.45) is 1.54. The van der Waals surface area contributed by atoms with Crippen molar-refractivity contribution in [2.75, 3.05) is 18.4 Å². The SMILES string of the molecule is Cc1cc(NC2CN(C(=O)OC(C)(C)C)C2)ccn1. The lowest BCUT2D eigenvalue weighted by Crippen LogP contribution is -2.57. The van der Waals surface area contributed by atoms with E-state index in [4.69, 9.17) is 4.74 Å². The maximum absolute atomic E-state index is 11.8. The van der Waals surface area contributed by atoms with Crippen LogP contribution in [0.2, 0.25) is 0 Å². The first-order valence-electron chi connectivity index (χ1n) is 6.50. The Bertz CT molecular complexity index is 462. The fourth-order valence-corrected chi connectivity index (χ4v) is 1.92. The zero-order chi connectivity index (χ0) is 14.0. The highest BCUT2D eigenvalue weighted by Crippen LogP contribution is 2.18. The summed E-state index contributed by atoms with van der Waals surface area (Å²) in [6.45, 7) is 8.94.